The van der Waals surface area contributed by atoms with Crippen LogP contribution in [-0.4, -0.2) is 18.0 Å². The van der Waals surface area contributed by atoms with Crippen LogP contribution in [-0.2, 0) is 0 Å². The molecule has 1 heteroatoms. The largest absolute Gasteiger partial charge is 0.296 e. The number of fused-ring (bicyclic) bond motifs is 3. The van der Waals surface area contributed by atoms with E-state index in [1.165, 1.54) is 58.0 Å². The van der Waals surface area contributed by atoms with Crippen molar-refractivity contribution in [2.24, 2.45) is 5.92 Å². The summed E-state index contributed by atoms with van der Waals surface area (Å²) in [6.07, 6.45) is 10.1. The summed E-state index contributed by atoms with van der Waals surface area (Å²) in [6.45, 7) is 2.68. The van der Waals surface area contributed by atoms with Gasteiger partial charge in [0.1, 0.15) is 0 Å². The fourth-order valence-electron chi connectivity index (χ4n) is 4.84. The molecule has 102 valence electrons. The van der Waals surface area contributed by atoms with Crippen LogP contribution in [0.3, 0.4) is 0 Å². The van der Waals surface area contributed by atoms with Gasteiger partial charge in [0.2, 0.25) is 0 Å². The first-order chi connectivity index (χ1) is 9.43. The molecule has 1 saturated heterocycles. The van der Waals surface area contributed by atoms with Crippen LogP contribution in [0.5, 0.6) is 0 Å². The summed E-state index contributed by atoms with van der Waals surface area (Å²) in [5.74, 6) is 1.78. The molecule has 1 saturated carbocycles. The lowest BCUT2D eigenvalue weighted by molar-refractivity contribution is 0.173. The molecule has 0 amide bonds. The van der Waals surface area contributed by atoms with Crippen LogP contribution >= 0.6 is 0 Å². The van der Waals surface area contributed by atoms with E-state index in [2.05, 4.69) is 29.2 Å². The van der Waals surface area contributed by atoms with Gasteiger partial charge in [-0.15, -0.1) is 0 Å². The van der Waals surface area contributed by atoms with Gasteiger partial charge in [0.25, 0.3) is 0 Å². The van der Waals surface area contributed by atoms with Crippen molar-refractivity contribution in [1.29, 1.82) is 0 Å². The summed E-state index contributed by atoms with van der Waals surface area (Å²) in [7, 11) is 0. The van der Waals surface area contributed by atoms with Gasteiger partial charge in [-0.2, -0.15) is 0 Å². The molecular weight excluding hydrogens is 230 g/mol. The molecule has 0 spiro atoms. The minimum Gasteiger partial charge on any atom is -0.296 e. The van der Waals surface area contributed by atoms with Gasteiger partial charge in [-0.05, 0) is 55.2 Å². The highest BCUT2D eigenvalue weighted by atomic mass is 15.2. The second kappa shape index (κ2) is 4.94. The summed E-state index contributed by atoms with van der Waals surface area (Å²) >= 11 is 0. The van der Waals surface area contributed by atoms with E-state index in [4.69, 9.17) is 0 Å². The maximum atomic E-state index is 2.78. The van der Waals surface area contributed by atoms with Crippen LogP contribution in [0, 0.1) is 5.92 Å². The highest BCUT2D eigenvalue weighted by Crippen LogP contribution is 2.46. The first-order valence-electron chi connectivity index (χ1n) is 8.26. The molecule has 3 aliphatic rings. The Morgan fingerprint density at radius 1 is 0.842 bits per heavy atom. The Labute approximate surface area is 117 Å². The van der Waals surface area contributed by atoms with E-state index in [-0.39, 0.29) is 0 Å². The summed E-state index contributed by atoms with van der Waals surface area (Å²) in [6, 6.07) is 10.1. The quantitative estimate of drug-likeness (QED) is 0.714. The maximum Gasteiger partial charge on any atom is 0.0351 e. The Morgan fingerprint density at radius 2 is 1.63 bits per heavy atom. The molecule has 2 fully saturated rings. The molecule has 0 N–H and O–H groups in total. The Kier molecular flexibility index (Phi) is 3.11. The van der Waals surface area contributed by atoms with Crippen LogP contribution < -0.4 is 0 Å². The van der Waals surface area contributed by atoms with Crippen molar-refractivity contribution in [1.82, 2.24) is 4.90 Å². The van der Waals surface area contributed by atoms with E-state index < -0.39 is 0 Å². The summed E-state index contributed by atoms with van der Waals surface area (Å²) in [4.78, 5) is 2.78. The van der Waals surface area contributed by atoms with Gasteiger partial charge in [-0.1, -0.05) is 43.5 Å². The molecule has 2 aliphatic heterocycles. The van der Waals surface area contributed by atoms with Gasteiger partial charge in [0.15, 0.2) is 0 Å². The van der Waals surface area contributed by atoms with E-state index in [1.807, 2.05) is 0 Å². The molecule has 19 heavy (non-hydrogen) atoms. The molecule has 0 unspecified atom stereocenters. The van der Waals surface area contributed by atoms with Crippen molar-refractivity contribution in [3.8, 4) is 0 Å². The van der Waals surface area contributed by atoms with Gasteiger partial charge in [0.05, 0.1) is 0 Å². The Bertz CT molecular complexity index is 447. The van der Waals surface area contributed by atoms with E-state index >= 15 is 0 Å². The lowest BCUT2D eigenvalue weighted by Gasteiger charge is -2.41. The van der Waals surface area contributed by atoms with E-state index in [1.54, 1.807) is 11.1 Å². The van der Waals surface area contributed by atoms with Crippen molar-refractivity contribution >= 4 is 0 Å². The Hall–Kier alpha value is -0.820. The van der Waals surface area contributed by atoms with Crippen molar-refractivity contribution < 1.29 is 0 Å². The van der Waals surface area contributed by atoms with Gasteiger partial charge >= 0.3 is 0 Å². The predicted octanol–water partition coefficient (Wildman–Crippen LogP) is 4.50. The van der Waals surface area contributed by atoms with Gasteiger partial charge in [0, 0.05) is 12.6 Å². The summed E-state index contributed by atoms with van der Waals surface area (Å²) < 4.78 is 0. The zero-order chi connectivity index (χ0) is 12.7. The van der Waals surface area contributed by atoms with Gasteiger partial charge in [-0.25, -0.2) is 0 Å². The topological polar surface area (TPSA) is 3.24 Å². The Morgan fingerprint density at radius 3 is 2.47 bits per heavy atom. The summed E-state index contributed by atoms with van der Waals surface area (Å²) in [5.41, 5.74) is 3.37. The average molecular weight is 255 g/mol. The van der Waals surface area contributed by atoms with Crippen molar-refractivity contribution in [2.45, 2.75) is 56.9 Å². The number of nitrogens with zero attached hydrogens (tertiary/aromatic N) is 1. The third kappa shape index (κ3) is 2.03. The smallest absolute Gasteiger partial charge is 0.0351 e. The molecule has 4 rings (SSSR count). The lowest BCUT2D eigenvalue weighted by atomic mass is 9.73. The van der Waals surface area contributed by atoms with Crippen molar-refractivity contribution in [3.05, 3.63) is 35.4 Å². The van der Waals surface area contributed by atoms with Crippen molar-refractivity contribution in [2.75, 3.05) is 13.1 Å². The standard InChI is InChI=1S/C18H25N/c1-2-7-14(8-3-1)17-13-19-12-6-11-18(19)16-10-5-4-9-15(16)17/h4-5,9-10,14,17-18H,1-3,6-8,11-13H2/t17-,18-/m0/s1. The molecule has 2 heterocycles. The predicted molar refractivity (Wildman–Crippen MR) is 79.3 cm³/mol. The first-order valence-corrected chi connectivity index (χ1v) is 8.26. The second-order valence-electron chi connectivity index (χ2n) is 6.79. The highest BCUT2D eigenvalue weighted by Gasteiger charge is 2.38. The van der Waals surface area contributed by atoms with Crippen LogP contribution in [0.1, 0.15) is 68.0 Å². The minimum atomic E-state index is 0.746. The second-order valence-corrected chi connectivity index (χ2v) is 6.79. The molecule has 1 nitrogen and oxygen atoms in total. The molecule has 2 atom stereocenters. The molecule has 0 bridgehead atoms. The molecular formula is C18H25N. The fourth-order valence-corrected chi connectivity index (χ4v) is 4.84. The third-order valence-corrected chi connectivity index (χ3v) is 5.77. The van der Waals surface area contributed by atoms with Crippen LogP contribution in [0.15, 0.2) is 24.3 Å². The molecule has 1 aliphatic carbocycles. The van der Waals surface area contributed by atoms with Crippen LogP contribution in [0.2, 0.25) is 0 Å². The molecule has 1 aromatic carbocycles. The zero-order valence-electron chi connectivity index (χ0n) is 11.9. The van der Waals surface area contributed by atoms with Crippen molar-refractivity contribution in [3.63, 3.8) is 0 Å². The number of hydrogen-bond donors (Lipinski definition) is 0. The molecule has 0 aromatic heterocycles. The van der Waals surface area contributed by atoms with E-state index in [0.717, 1.165) is 17.9 Å². The fraction of sp³-hybridized carbons (Fsp3) is 0.667. The maximum absolute atomic E-state index is 2.78. The first kappa shape index (κ1) is 12.0. The average Bonchev–Trinajstić information content (AvgIpc) is 2.96. The Balaban J connectivity index is 1.70. The van der Waals surface area contributed by atoms with E-state index in [9.17, 15) is 0 Å². The monoisotopic (exact) mass is 255 g/mol. The van der Waals surface area contributed by atoms with Crippen LogP contribution in [0.4, 0.5) is 0 Å². The molecule has 0 radical (unpaired) electrons. The number of rotatable bonds is 1. The number of hydrogen-bond acceptors (Lipinski definition) is 1. The lowest BCUT2D eigenvalue weighted by Crippen LogP contribution is -2.37. The SMILES string of the molecule is c1ccc2c(c1)[C@H](C1CCCCC1)CN1CCC[C@@H]21. The third-order valence-electron chi connectivity index (χ3n) is 5.77. The minimum absolute atomic E-state index is 0.746. The zero-order valence-corrected chi connectivity index (χ0v) is 11.9. The van der Waals surface area contributed by atoms with Crippen LogP contribution in [0.25, 0.3) is 0 Å². The highest BCUT2D eigenvalue weighted by molar-refractivity contribution is 5.37. The van der Waals surface area contributed by atoms with Gasteiger partial charge < -0.3 is 0 Å². The normalized spacial score (nSPS) is 32.0. The van der Waals surface area contributed by atoms with E-state index in [0.29, 0.717) is 0 Å². The van der Waals surface area contributed by atoms with Gasteiger partial charge in [-0.3, -0.25) is 4.90 Å². The molecule has 1 aromatic rings. The summed E-state index contributed by atoms with van der Waals surface area (Å²) in [5, 5.41) is 0. The number of benzene rings is 1.